The van der Waals surface area contributed by atoms with Gasteiger partial charge in [0.25, 0.3) is 11.8 Å². The van der Waals surface area contributed by atoms with Gasteiger partial charge < -0.3 is 10.5 Å². The maximum atomic E-state index is 12.4. The number of fused-ring (bicyclic) bond motifs is 1. The van der Waals surface area contributed by atoms with Crippen molar-refractivity contribution in [2.75, 3.05) is 12.0 Å². The Morgan fingerprint density at radius 2 is 1.32 bits per heavy atom. The Labute approximate surface area is 161 Å². The lowest BCUT2D eigenvalue weighted by molar-refractivity contribution is -0.991. The Hall–Kier alpha value is -3.52. The van der Waals surface area contributed by atoms with E-state index >= 15 is 0 Å². The van der Waals surface area contributed by atoms with Crippen LogP contribution in [0.2, 0.25) is 0 Å². The van der Waals surface area contributed by atoms with E-state index in [4.69, 9.17) is 5.21 Å². The molecule has 1 aliphatic heterocycles. The zero-order chi connectivity index (χ0) is 19.7. The van der Waals surface area contributed by atoms with Crippen molar-refractivity contribution in [2.45, 2.75) is 0 Å². The van der Waals surface area contributed by atoms with E-state index in [1.165, 1.54) is 4.90 Å². The van der Waals surface area contributed by atoms with Crippen molar-refractivity contribution in [3.63, 3.8) is 0 Å². The average Bonchev–Trinajstić information content (AvgIpc) is 2.97. The molecule has 0 radical (unpaired) electrons. The van der Waals surface area contributed by atoms with Gasteiger partial charge in [-0.2, -0.15) is 5.23 Å². The summed E-state index contributed by atoms with van der Waals surface area (Å²) in [7, 11) is 0. The van der Waals surface area contributed by atoms with Crippen molar-refractivity contribution >= 4 is 23.2 Å². The third-order valence-corrected chi connectivity index (χ3v) is 4.67. The number of carbonyl (C=O) groups excluding carboxylic acids is 2. The predicted molar refractivity (Wildman–Crippen MR) is 103 cm³/mol. The first-order valence-electron chi connectivity index (χ1n) is 8.67. The van der Waals surface area contributed by atoms with Crippen LogP contribution >= 0.6 is 0 Å². The smallest absolute Gasteiger partial charge is 0.263 e. The zero-order valence-corrected chi connectivity index (χ0v) is 14.8. The van der Waals surface area contributed by atoms with E-state index in [0.29, 0.717) is 11.1 Å². The molecule has 0 aromatic heterocycles. The Bertz CT molecular complexity index is 995. The molecule has 2 amide bonds. The molecule has 7 heteroatoms. The molecule has 3 aromatic carbocycles. The zero-order valence-electron chi connectivity index (χ0n) is 14.8. The standard InChI is InChI=1S/C21H17N3O4/c25-20-18-3-1-2-4-19(18)21(26)23(20)13-22-16-9-5-14(6-10-16)15-7-11-17(12-8-15)24(27)28/h1-12,22,24,27H,13H2. The van der Waals surface area contributed by atoms with Crippen LogP contribution in [-0.4, -0.2) is 28.6 Å². The first-order valence-corrected chi connectivity index (χ1v) is 8.67. The molecule has 4 rings (SSSR count). The second-order valence-corrected chi connectivity index (χ2v) is 6.38. The number of nitrogens with zero attached hydrogens (tertiary/aromatic N) is 1. The lowest BCUT2D eigenvalue weighted by Gasteiger charge is -2.16. The van der Waals surface area contributed by atoms with Crippen LogP contribution in [0, 0.1) is 5.21 Å². The Balaban J connectivity index is 1.43. The fraction of sp³-hybridized carbons (Fsp3) is 0.0476. The third-order valence-electron chi connectivity index (χ3n) is 4.67. The first-order chi connectivity index (χ1) is 13.5. The molecule has 1 unspecified atom stereocenters. The van der Waals surface area contributed by atoms with E-state index in [-0.39, 0.29) is 24.2 Å². The maximum absolute atomic E-state index is 12.4. The third kappa shape index (κ3) is 3.25. The largest absolute Gasteiger partial charge is 0.595 e. The van der Waals surface area contributed by atoms with E-state index in [1.54, 1.807) is 48.5 Å². The van der Waals surface area contributed by atoms with Gasteiger partial charge in [0.1, 0.15) is 0 Å². The number of hydrogen-bond donors (Lipinski definition) is 3. The molecule has 1 aliphatic rings. The van der Waals surface area contributed by atoms with Gasteiger partial charge in [-0.25, -0.2) is 5.21 Å². The second kappa shape index (κ2) is 7.24. The number of hydrogen-bond acceptors (Lipinski definition) is 5. The normalized spacial score (nSPS) is 14.1. The van der Waals surface area contributed by atoms with Gasteiger partial charge >= 0.3 is 0 Å². The minimum atomic E-state index is -0.959. The molecular formula is C21H17N3O4. The number of amides is 2. The highest BCUT2D eigenvalue weighted by Crippen LogP contribution is 2.24. The lowest BCUT2D eigenvalue weighted by Crippen LogP contribution is -2.99. The lowest BCUT2D eigenvalue weighted by atomic mass is 10.1. The molecule has 0 aliphatic carbocycles. The van der Waals surface area contributed by atoms with Gasteiger partial charge in [-0.1, -0.05) is 24.3 Å². The monoisotopic (exact) mass is 375 g/mol. The molecule has 3 N–H and O–H groups in total. The molecule has 0 spiro atoms. The summed E-state index contributed by atoms with van der Waals surface area (Å²) in [6.45, 7) is 0.0823. The predicted octanol–water partition coefficient (Wildman–Crippen LogP) is 2.42. The van der Waals surface area contributed by atoms with Crippen LogP contribution in [-0.2, 0) is 0 Å². The van der Waals surface area contributed by atoms with Crippen LogP contribution in [0.1, 0.15) is 20.7 Å². The molecule has 3 aromatic rings. The number of nitrogens with one attached hydrogen (secondary N) is 2. The summed E-state index contributed by atoms with van der Waals surface area (Å²) in [4.78, 5) is 25.9. The van der Waals surface area contributed by atoms with Gasteiger partial charge in [-0.15, -0.1) is 0 Å². The van der Waals surface area contributed by atoms with Crippen LogP contribution in [0.25, 0.3) is 11.1 Å². The van der Waals surface area contributed by atoms with Crippen LogP contribution < -0.4 is 10.5 Å². The van der Waals surface area contributed by atoms with E-state index in [2.05, 4.69) is 5.32 Å². The number of carbonyl (C=O) groups is 2. The van der Waals surface area contributed by atoms with E-state index in [9.17, 15) is 14.8 Å². The topological polar surface area (TPSA) is 97.1 Å². The maximum Gasteiger partial charge on any atom is 0.263 e. The molecule has 0 fully saturated rings. The summed E-state index contributed by atoms with van der Waals surface area (Å²) in [5.41, 5.74) is 3.69. The number of anilines is 1. The highest BCUT2D eigenvalue weighted by Gasteiger charge is 2.34. The van der Waals surface area contributed by atoms with Crippen molar-refractivity contribution < 1.29 is 20.0 Å². The van der Waals surface area contributed by atoms with Crippen molar-refractivity contribution in [3.05, 3.63) is 89.1 Å². The van der Waals surface area contributed by atoms with Gasteiger partial charge in [0, 0.05) is 17.8 Å². The SMILES string of the molecule is O=C1c2ccccc2C(=O)N1CNc1ccc(-c2ccc([NH+]([O-])O)cc2)cc1. The molecule has 0 saturated heterocycles. The van der Waals surface area contributed by atoms with Gasteiger partial charge in [-0.3, -0.25) is 14.5 Å². The first kappa shape index (κ1) is 17.9. The van der Waals surface area contributed by atoms with Crippen molar-refractivity contribution in [1.29, 1.82) is 0 Å². The molecular weight excluding hydrogens is 358 g/mol. The highest BCUT2D eigenvalue weighted by molar-refractivity contribution is 6.21. The van der Waals surface area contributed by atoms with Gasteiger partial charge in [0.05, 0.1) is 17.8 Å². The summed E-state index contributed by atoms with van der Waals surface area (Å²) in [6, 6.07) is 20.9. The summed E-state index contributed by atoms with van der Waals surface area (Å²) >= 11 is 0. The number of rotatable bonds is 5. The van der Waals surface area contributed by atoms with Gasteiger partial charge in [0.2, 0.25) is 0 Å². The molecule has 7 nitrogen and oxygen atoms in total. The van der Waals surface area contributed by atoms with E-state index < -0.39 is 5.23 Å². The minimum absolute atomic E-state index is 0.0823. The van der Waals surface area contributed by atoms with Crippen molar-refractivity contribution in [1.82, 2.24) is 4.90 Å². The van der Waals surface area contributed by atoms with Gasteiger partial charge in [-0.05, 0) is 47.5 Å². The fourth-order valence-electron chi connectivity index (χ4n) is 3.14. The Kier molecular flexibility index (Phi) is 4.62. The van der Waals surface area contributed by atoms with Crippen LogP contribution in [0.5, 0.6) is 0 Å². The molecule has 1 atom stereocenters. The molecule has 1 heterocycles. The second-order valence-electron chi connectivity index (χ2n) is 6.38. The van der Waals surface area contributed by atoms with Crippen molar-refractivity contribution in [2.24, 2.45) is 0 Å². The quantitative estimate of drug-likeness (QED) is 0.470. The Morgan fingerprint density at radius 3 is 1.82 bits per heavy atom. The summed E-state index contributed by atoms with van der Waals surface area (Å²) in [6.07, 6.45) is 0. The molecule has 0 bridgehead atoms. The molecule has 0 saturated carbocycles. The van der Waals surface area contributed by atoms with Gasteiger partial charge in [0.15, 0.2) is 5.69 Å². The summed E-state index contributed by atoms with van der Waals surface area (Å²) < 4.78 is 0. The van der Waals surface area contributed by atoms with E-state index in [0.717, 1.165) is 16.8 Å². The fourth-order valence-corrected chi connectivity index (χ4v) is 3.14. The van der Waals surface area contributed by atoms with E-state index in [1.807, 2.05) is 24.3 Å². The number of benzene rings is 3. The van der Waals surface area contributed by atoms with Crippen LogP contribution in [0.15, 0.2) is 72.8 Å². The number of quaternary nitrogens is 1. The molecule has 28 heavy (non-hydrogen) atoms. The highest BCUT2D eigenvalue weighted by atomic mass is 16.8. The van der Waals surface area contributed by atoms with Crippen LogP contribution in [0.4, 0.5) is 11.4 Å². The summed E-state index contributed by atoms with van der Waals surface area (Å²) in [5, 5.41) is 22.0. The van der Waals surface area contributed by atoms with Crippen LogP contribution in [0.3, 0.4) is 0 Å². The minimum Gasteiger partial charge on any atom is -0.595 e. The summed E-state index contributed by atoms with van der Waals surface area (Å²) in [5.74, 6) is -0.605. The molecule has 140 valence electrons. The average molecular weight is 375 g/mol. The number of imide groups is 1. The van der Waals surface area contributed by atoms with Crippen molar-refractivity contribution in [3.8, 4) is 11.1 Å². The Morgan fingerprint density at radius 1 is 0.821 bits per heavy atom.